The number of aromatic nitrogens is 3. The smallest absolute Gasteiger partial charge is 0.120 e. The molecule has 2 aromatic heterocycles. The van der Waals surface area contributed by atoms with Gasteiger partial charge in [-0.2, -0.15) is 0 Å². The molecule has 3 rings (SSSR count). The molecule has 0 saturated carbocycles. The van der Waals surface area contributed by atoms with E-state index in [1.807, 2.05) is 24.5 Å². The minimum atomic E-state index is 0.444. The molecule has 1 aliphatic rings. The fourth-order valence-electron chi connectivity index (χ4n) is 3.22. The topological polar surface area (TPSA) is 50.7 Å². The summed E-state index contributed by atoms with van der Waals surface area (Å²) in [6.07, 6.45) is 5.47. The van der Waals surface area contributed by atoms with Gasteiger partial charge in [0.15, 0.2) is 0 Å². The zero-order valence-corrected chi connectivity index (χ0v) is 15.1. The van der Waals surface area contributed by atoms with E-state index in [1.165, 1.54) is 28.4 Å². The van der Waals surface area contributed by atoms with Crippen LogP contribution >= 0.6 is 11.3 Å². The molecule has 23 heavy (non-hydrogen) atoms. The van der Waals surface area contributed by atoms with Crippen LogP contribution in [0.3, 0.4) is 0 Å². The number of rotatable bonds is 5. The van der Waals surface area contributed by atoms with Crippen molar-refractivity contribution in [2.45, 2.75) is 57.8 Å². The second-order valence-corrected chi connectivity index (χ2v) is 7.81. The third-order valence-corrected chi connectivity index (χ3v) is 6.09. The normalized spacial score (nSPS) is 18.7. The van der Waals surface area contributed by atoms with Gasteiger partial charge in [-0.3, -0.25) is 4.98 Å². The molecule has 2 aromatic rings. The van der Waals surface area contributed by atoms with Crippen LogP contribution in [0.2, 0.25) is 0 Å². The SMILES string of the molecule is Cc1ccc(C(C)CC(C)c2nnc(C3CCNCC3)s2)cn1. The Labute approximate surface area is 142 Å². The minimum Gasteiger partial charge on any atom is -0.317 e. The molecule has 1 N–H and O–H groups in total. The molecule has 2 atom stereocenters. The Morgan fingerprint density at radius 2 is 1.96 bits per heavy atom. The van der Waals surface area contributed by atoms with Gasteiger partial charge in [-0.05, 0) is 56.8 Å². The van der Waals surface area contributed by atoms with E-state index in [0.717, 1.165) is 25.2 Å². The quantitative estimate of drug-likeness (QED) is 0.900. The van der Waals surface area contributed by atoms with E-state index >= 15 is 0 Å². The van der Waals surface area contributed by atoms with E-state index in [-0.39, 0.29) is 0 Å². The number of nitrogens with one attached hydrogen (secondary N) is 1. The summed E-state index contributed by atoms with van der Waals surface area (Å²) in [5.74, 6) is 1.54. The Balaban J connectivity index is 1.62. The van der Waals surface area contributed by atoms with Crippen molar-refractivity contribution in [3.8, 4) is 0 Å². The van der Waals surface area contributed by atoms with Crippen molar-refractivity contribution in [1.82, 2.24) is 20.5 Å². The average Bonchev–Trinajstić information content (AvgIpc) is 3.06. The fraction of sp³-hybridized carbons (Fsp3) is 0.611. The van der Waals surface area contributed by atoms with Crippen molar-refractivity contribution in [2.24, 2.45) is 0 Å². The molecule has 2 unspecified atom stereocenters. The fourth-order valence-corrected chi connectivity index (χ4v) is 4.29. The van der Waals surface area contributed by atoms with Gasteiger partial charge in [-0.1, -0.05) is 19.9 Å². The molecule has 0 aliphatic carbocycles. The summed E-state index contributed by atoms with van der Waals surface area (Å²) in [5, 5.41) is 14.8. The minimum absolute atomic E-state index is 0.444. The van der Waals surface area contributed by atoms with Crippen LogP contribution in [-0.4, -0.2) is 28.3 Å². The number of pyridine rings is 1. The zero-order chi connectivity index (χ0) is 16.2. The maximum absolute atomic E-state index is 4.48. The predicted molar refractivity (Wildman–Crippen MR) is 95.2 cm³/mol. The largest absolute Gasteiger partial charge is 0.317 e. The maximum Gasteiger partial charge on any atom is 0.120 e. The van der Waals surface area contributed by atoms with Crippen molar-refractivity contribution in [1.29, 1.82) is 0 Å². The van der Waals surface area contributed by atoms with E-state index in [2.05, 4.69) is 46.5 Å². The van der Waals surface area contributed by atoms with Gasteiger partial charge in [-0.25, -0.2) is 0 Å². The first-order chi connectivity index (χ1) is 11.1. The van der Waals surface area contributed by atoms with E-state index in [1.54, 1.807) is 0 Å². The number of piperidine rings is 1. The van der Waals surface area contributed by atoms with Crippen LogP contribution in [0, 0.1) is 6.92 Å². The van der Waals surface area contributed by atoms with E-state index in [9.17, 15) is 0 Å². The number of aryl methyl sites for hydroxylation is 1. The Bertz CT molecular complexity index is 616. The molecule has 124 valence electrons. The summed E-state index contributed by atoms with van der Waals surface area (Å²) in [6, 6.07) is 4.29. The molecular weight excluding hydrogens is 304 g/mol. The van der Waals surface area contributed by atoms with Gasteiger partial charge >= 0.3 is 0 Å². The van der Waals surface area contributed by atoms with Crippen molar-refractivity contribution in [3.63, 3.8) is 0 Å². The zero-order valence-electron chi connectivity index (χ0n) is 14.2. The van der Waals surface area contributed by atoms with Gasteiger partial charge in [0.1, 0.15) is 10.0 Å². The standard InChI is InChI=1S/C18H26N4S/c1-12(16-5-4-14(3)20-11-16)10-13(2)17-21-22-18(23-17)15-6-8-19-9-7-15/h4-5,11-13,15,19H,6-10H2,1-3H3. The van der Waals surface area contributed by atoms with Crippen LogP contribution in [0.25, 0.3) is 0 Å². The van der Waals surface area contributed by atoms with Gasteiger partial charge in [0, 0.05) is 23.7 Å². The number of hydrogen-bond donors (Lipinski definition) is 1. The van der Waals surface area contributed by atoms with Gasteiger partial charge < -0.3 is 5.32 Å². The highest BCUT2D eigenvalue weighted by molar-refractivity contribution is 7.11. The molecule has 0 radical (unpaired) electrons. The lowest BCUT2D eigenvalue weighted by Crippen LogP contribution is -2.26. The maximum atomic E-state index is 4.48. The van der Waals surface area contributed by atoms with Crippen molar-refractivity contribution >= 4 is 11.3 Å². The van der Waals surface area contributed by atoms with Crippen molar-refractivity contribution < 1.29 is 0 Å². The first-order valence-corrected chi connectivity index (χ1v) is 9.41. The second-order valence-electron chi connectivity index (χ2n) is 6.77. The number of hydrogen-bond acceptors (Lipinski definition) is 5. The van der Waals surface area contributed by atoms with Crippen molar-refractivity contribution in [3.05, 3.63) is 39.6 Å². The van der Waals surface area contributed by atoms with Crippen LogP contribution in [0.15, 0.2) is 18.3 Å². The van der Waals surface area contributed by atoms with Gasteiger partial charge in [0.25, 0.3) is 0 Å². The Morgan fingerprint density at radius 1 is 1.17 bits per heavy atom. The molecule has 4 nitrogen and oxygen atoms in total. The number of nitrogens with zero attached hydrogens (tertiary/aromatic N) is 3. The molecule has 1 fully saturated rings. The van der Waals surface area contributed by atoms with Crippen LogP contribution < -0.4 is 5.32 Å². The highest BCUT2D eigenvalue weighted by atomic mass is 32.1. The van der Waals surface area contributed by atoms with Crippen LogP contribution in [0.4, 0.5) is 0 Å². The summed E-state index contributed by atoms with van der Waals surface area (Å²) < 4.78 is 0. The van der Waals surface area contributed by atoms with Crippen LogP contribution in [0.1, 0.15) is 72.1 Å². The molecule has 1 saturated heterocycles. The van der Waals surface area contributed by atoms with Crippen LogP contribution in [0.5, 0.6) is 0 Å². The van der Waals surface area contributed by atoms with Crippen LogP contribution in [-0.2, 0) is 0 Å². The second kappa shape index (κ2) is 7.49. The molecule has 1 aliphatic heterocycles. The monoisotopic (exact) mass is 330 g/mol. The Morgan fingerprint density at radius 3 is 2.65 bits per heavy atom. The lowest BCUT2D eigenvalue weighted by molar-refractivity contribution is 0.457. The Kier molecular flexibility index (Phi) is 5.38. The third kappa shape index (κ3) is 4.15. The lowest BCUT2D eigenvalue weighted by Gasteiger charge is -2.19. The van der Waals surface area contributed by atoms with Gasteiger partial charge in [0.05, 0.1) is 0 Å². The molecule has 0 bridgehead atoms. The van der Waals surface area contributed by atoms with Gasteiger partial charge in [0.2, 0.25) is 0 Å². The predicted octanol–water partition coefficient (Wildman–Crippen LogP) is 4.01. The highest BCUT2D eigenvalue weighted by Gasteiger charge is 2.22. The first kappa shape index (κ1) is 16.5. The summed E-state index contributed by atoms with van der Waals surface area (Å²) in [5.41, 5.74) is 2.38. The third-order valence-electron chi connectivity index (χ3n) is 4.78. The Hall–Kier alpha value is -1.33. The molecular formula is C18H26N4S. The van der Waals surface area contributed by atoms with Gasteiger partial charge in [-0.15, -0.1) is 21.5 Å². The average molecular weight is 331 g/mol. The highest BCUT2D eigenvalue weighted by Crippen LogP contribution is 2.34. The summed E-state index contributed by atoms with van der Waals surface area (Å²) in [7, 11) is 0. The molecule has 3 heterocycles. The molecule has 5 heteroatoms. The lowest BCUT2D eigenvalue weighted by atomic mass is 9.92. The van der Waals surface area contributed by atoms with Crippen molar-refractivity contribution in [2.75, 3.05) is 13.1 Å². The molecule has 0 spiro atoms. The molecule has 0 amide bonds. The summed E-state index contributed by atoms with van der Waals surface area (Å²) in [4.78, 5) is 4.41. The molecule has 0 aromatic carbocycles. The summed E-state index contributed by atoms with van der Waals surface area (Å²) >= 11 is 1.82. The van der Waals surface area contributed by atoms with E-state index in [0.29, 0.717) is 17.8 Å². The summed E-state index contributed by atoms with van der Waals surface area (Å²) in [6.45, 7) is 8.78. The first-order valence-electron chi connectivity index (χ1n) is 8.60. The van der Waals surface area contributed by atoms with E-state index in [4.69, 9.17) is 0 Å². The van der Waals surface area contributed by atoms with E-state index < -0.39 is 0 Å².